The predicted molar refractivity (Wildman–Crippen MR) is 113 cm³/mol. The van der Waals surface area contributed by atoms with Gasteiger partial charge in [-0.25, -0.2) is 13.9 Å². The highest BCUT2D eigenvalue weighted by Gasteiger charge is 2.30. The standard InChI is InChI=1S/C23H25FN4O2/c24-19-11-9-18(10-12-19)22-26-27(23(30)28(22)20-13-14-20)16-15-25-21(29)8-4-7-17-5-2-1-3-6-17/h1-3,5-6,9-12,20H,4,7-8,13-16H2,(H,25,29). The highest BCUT2D eigenvalue weighted by Crippen LogP contribution is 2.36. The van der Waals surface area contributed by atoms with Gasteiger partial charge in [-0.1, -0.05) is 30.3 Å². The van der Waals surface area contributed by atoms with Gasteiger partial charge >= 0.3 is 5.69 Å². The summed E-state index contributed by atoms with van der Waals surface area (Å²) < 4.78 is 16.3. The molecule has 1 N–H and O–H groups in total. The van der Waals surface area contributed by atoms with Gasteiger partial charge in [0.1, 0.15) is 5.82 Å². The second-order valence-electron chi connectivity index (χ2n) is 7.63. The molecule has 1 aliphatic carbocycles. The first-order valence-corrected chi connectivity index (χ1v) is 10.4. The zero-order valence-electron chi connectivity index (χ0n) is 16.8. The Bertz CT molecular complexity index is 1050. The summed E-state index contributed by atoms with van der Waals surface area (Å²) in [6, 6.07) is 16.2. The van der Waals surface area contributed by atoms with E-state index in [0.29, 0.717) is 30.9 Å². The van der Waals surface area contributed by atoms with Crippen molar-refractivity contribution in [2.45, 2.75) is 44.7 Å². The van der Waals surface area contributed by atoms with E-state index < -0.39 is 0 Å². The molecular formula is C23H25FN4O2. The summed E-state index contributed by atoms with van der Waals surface area (Å²) in [5.74, 6) is 0.199. The summed E-state index contributed by atoms with van der Waals surface area (Å²) in [6.07, 6.45) is 3.97. The van der Waals surface area contributed by atoms with Crippen molar-refractivity contribution >= 4 is 5.91 Å². The molecule has 0 radical (unpaired) electrons. The molecule has 0 aliphatic heterocycles. The second-order valence-corrected chi connectivity index (χ2v) is 7.63. The minimum Gasteiger partial charge on any atom is -0.354 e. The van der Waals surface area contributed by atoms with Gasteiger partial charge in [0.05, 0.1) is 6.54 Å². The van der Waals surface area contributed by atoms with Crippen molar-refractivity contribution in [3.05, 3.63) is 76.5 Å². The Kier molecular flexibility index (Phi) is 6.07. The molecule has 0 atom stereocenters. The zero-order chi connectivity index (χ0) is 20.9. The fraction of sp³-hybridized carbons (Fsp3) is 0.348. The van der Waals surface area contributed by atoms with Gasteiger partial charge in [0, 0.05) is 24.6 Å². The van der Waals surface area contributed by atoms with Gasteiger partial charge in [-0.2, -0.15) is 0 Å². The molecule has 0 saturated heterocycles. The lowest BCUT2D eigenvalue weighted by molar-refractivity contribution is -0.121. The molecular weight excluding hydrogens is 383 g/mol. The number of hydrogen-bond acceptors (Lipinski definition) is 3. The number of amides is 1. The summed E-state index contributed by atoms with van der Waals surface area (Å²) in [5, 5.41) is 7.33. The summed E-state index contributed by atoms with van der Waals surface area (Å²) in [7, 11) is 0. The Labute approximate surface area is 174 Å². The largest absolute Gasteiger partial charge is 0.354 e. The van der Waals surface area contributed by atoms with Crippen LogP contribution in [-0.2, 0) is 17.8 Å². The number of carbonyl (C=O) groups is 1. The molecule has 156 valence electrons. The average Bonchev–Trinajstić information content (AvgIpc) is 3.53. The van der Waals surface area contributed by atoms with Crippen molar-refractivity contribution in [2.24, 2.45) is 0 Å². The SMILES string of the molecule is O=C(CCCc1ccccc1)NCCn1nc(-c2ccc(F)cc2)n(C2CC2)c1=O. The lowest BCUT2D eigenvalue weighted by Crippen LogP contribution is -2.32. The van der Waals surface area contributed by atoms with Crippen LogP contribution in [0.3, 0.4) is 0 Å². The van der Waals surface area contributed by atoms with E-state index >= 15 is 0 Å². The van der Waals surface area contributed by atoms with E-state index in [1.807, 2.05) is 18.2 Å². The minimum absolute atomic E-state index is 0.0284. The summed E-state index contributed by atoms with van der Waals surface area (Å²) in [5.41, 5.74) is 1.75. The van der Waals surface area contributed by atoms with E-state index in [9.17, 15) is 14.0 Å². The van der Waals surface area contributed by atoms with E-state index in [4.69, 9.17) is 0 Å². The summed E-state index contributed by atoms with van der Waals surface area (Å²) >= 11 is 0. The van der Waals surface area contributed by atoms with Crippen LogP contribution in [-0.4, -0.2) is 26.8 Å². The molecule has 0 spiro atoms. The molecule has 1 aromatic heterocycles. The molecule has 0 unspecified atom stereocenters. The van der Waals surface area contributed by atoms with Crippen molar-refractivity contribution in [1.82, 2.24) is 19.7 Å². The van der Waals surface area contributed by atoms with E-state index in [2.05, 4.69) is 22.5 Å². The molecule has 1 fully saturated rings. The van der Waals surface area contributed by atoms with Gasteiger partial charge in [-0.3, -0.25) is 9.36 Å². The van der Waals surface area contributed by atoms with Crippen LogP contribution in [0, 0.1) is 5.82 Å². The molecule has 1 heterocycles. The smallest absolute Gasteiger partial charge is 0.346 e. The Morgan fingerprint density at radius 2 is 1.83 bits per heavy atom. The van der Waals surface area contributed by atoms with Gasteiger partial charge in [0.25, 0.3) is 0 Å². The maximum absolute atomic E-state index is 13.3. The lowest BCUT2D eigenvalue weighted by Gasteiger charge is -2.05. The molecule has 1 aliphatic rings. The number of carbonyl (C=O) groups excluding carboxylic acids is 1. The highest BCUT2D eigenvalue weighted by molar-refractivity contribution is 5.75. The number of halogens is 1. The normalized spacial score (nSPS) is 13.4. The average molecular weight is 408 g/mol. The molecule has 1 amide bonds. The maximum atomic E-state index is 13.3. The van der Waals surface area contributed by atoms with Gasteiger partial charge in [-0.15, -0.1) is 5.10 Å². The number of aryl methyl sites for hydroxylation is 1. The number of aromatic nitrogens is 3. The third-order valence-corrected chi connectivity index (χ3v) is 5.24. The summed E-state index contributed by atoms with van der Waals surface area (Å²) in [6.45, 7) is 0.645. The topological polar surface area (TPSA) is 68.9 Å². The third-order valence-electron chi connectivity index (χ3n) is 5.24. The van der Waals surface area contributed by atoms with Crippen LogP contribution in [0.1, 0.15) is 37.3 Å². The van der Waals surface area contributed by atoms with Crippen molar-refractivity contribution in [2.75, 3.05) is 6.54 Å². The first-order valence-electron chi connectivity index (χ1n) is 10.4. The van der Waals surface area contributed by atoms with Crippen molar-refractivity contribution < 1.29 is 9.18 Å². The Balaban J connectivity index is 1.33. The predicted octanol–water partition coefficient (Wildman–Crippen LogP) is 3.32. The molecule has 4 rings (SSSR count). The van der Waals surface area contributed by atoms with Gasteiger partial charge in [0.15, 0.2) is 5.82 Å². The van der Waals surface area contributed by atoms with Crippen LogP contribution < -0.4 is 11.0 Å². The van der Waals surface area contributed by atoms with Crippen molar-refractivity contribution in [3.63, 3.8) is 0 Å². The van der Waals surface area contributed by atoms with Crippen molar-refractivity contribution in [1.29, 1.82) is 0 Å². The van der Waals surface area contributed by atoms with E-state index in [1.165, 1.54) is 22.4 Å². The molecule has 30 heavy (non-hydrogen) atoms. The maximum Gasteiger partial charge on any atom is 0.346 e. The highest BCUT2D eigenvalue weighted by atomic mass is 19.1. The first-order chi connectivity index (χ1) is 14.6. The molecule has 3 aromatic rings. The second kappa shape index (κ2) is 9.07. The van der Waals surface area contributed by atoms with Crippen LogP contribution in [0.15, 0.2) is 59.4 Å². The molecule has 2 aromatic carbocycles. The third kappa shape index (κ3) is 4.84. The Morgan fingerprint density at radius 1 is 1.10 bits per heavy atom. The van der Waals surface area contributed by atoms with Gasteiger partial charge < -0.3 is 5.32 Å². The molecule has 0 bridgehead atoms. The minimum atomic E-state index is -0.325. The Morgan fingerprint density at radius 3 is 2.53 bits per heavy atom. The molecule has 6 nitrogen and oxygen atoms in total. The van der Waals surface area contributed by atoms with E-state index in [-0.39, 0.29) is 23.5 Å². The van der Waals surface area contributed by atoms with Crippen LogP contribution in [0.25, 0.3) is 11.4 Å². The summed E-state index contributed by atoms with van der Waals surface area (Å²) in [4.78, 5) is 24.9. The quantitative estimate of drug-likeness (QED) is 0.591. The van der Waals surface area contributed by atoms with Gasteiger partial charge in [-0.05, 0) is 55.5 Å². The monoisotopic (exact) mass is 408 g/mol. The van der Waals surface area contributed by atoms with Crippen molar-refractivity contribution in [3.8, 4) is 11.4 Å². The number of benzene rings is 2. The number of rotatable bonds is 9. The lowest BCUT2D eigenvalue weighted by atomic mass is 10.1. The number of hydrogen-bond donors (Lipinski definition) is 1. The van der Waals surface area contributed by atoms with Crippen LogP contribution in [0.5, 0.6) is 0 Å². The van der Waals surface area contributed by atoms with Gasteiger partial charge in [0.2, 0.25) is 5.91 Å². The fourth-order valence-electron chi connectivity index (χ4n) is 3.51. The first kappa shape index (κ1) is 20.1. The van der Waals surface area contributed by atoms with E-state index in [0.717, 1.165) is 25.7 Å². The molecule has 7 heteroatoms. The number of nitrogens with one attached hydrogen (secondary N) is 1. The van der Waals surface area contributed by atoms with Crippen LogP contribution in [0.4, 0.5) is 4.39 Å². The number of nitrogens with zero attached hydrogens (tertiary/aromatic N) is 3. The molecule has 1 saturated carbocycles. The Hall–Kier alpha value is -3.22. The fourth-order valence-corrected chi connectivity index (χ4v) is 3.51. The van der Waals surface area contributed by atoms with Crippen LogP contribution >= 0.6 is 0 Å². The zero-order valence-corrected chi connectivity index (χ0v) is 16.8. The van der Waals surface area contributed by atoms with Crippen LogP contribution in [0.2, 0.25) is 0 Å². The van der Waals surface area contributed by atoms with E-state index in [1.54, 1.807) is 16.7 Å².